The van der Waals surface area contributed by atoms with Gasteiger partial charge in [0.15, 0.2) is 11.6 Å². The molecular weight excluding hydrogens is 580 g/mol. The molecule has 0 amide bonds. The lowest BCUT2D eigenvalue weighted by Crippen LogP contribution is -2.33. The van der Waals surface area contributed by atoms with Gasteiger partial charge in [0.05, 0.1) is 11.3 Å². The zero-order valence-electron chi connectivity index (χ0n) is 26.4. The lowest BCUT2D eigenvalue weighted by atomic mass is 9.78. The fourth-order valence-electron chi connectivity index (χ4n) is 5.87. The van der Waals surface area contributed by atoms with Crippen molar-refractivity contribution in [1.29, 1.82) is 0 Å². The highest BCUT2D eigenvalue weighted by Gasteiger charge is 2.48. The predicted octanol–water partition coefficient (Wildman–Crippen LogP) is 11.1. The largest absolute Gasteiger partial charge is 0.487 e. The van der Waals surface area contributed by atoms with Crippen LogP contribution < -0.4 is 4.74 Å². The number of nitrogens with zero attached hydrogens (tertiary/aromatic N) is 1. The number of aryl methyl sites for hydroxylation is 1. The van der Waals surface area contributed by atoms with Crippen molar-refractivity contribution < 1.29 is 35.8 Å². The molecule has 0 aliphatic heterocycles. The predicted molar refractivity (Wildman–Crippen MR) is 162 cm³/mol. The zero-order valence-corrected chi connectivity index (χ0v) is 26.4. The summed E-state index contributed by atoms with van der Waals surface area (Å²) in [5, 5.41) is 0. The Labute approximate surface area is 259 Å². The molecule has 2 atom stereocenters. The highest BCUT2D eigenvalue weighted by molar-refractivity contribution is 5.63. The minimum absolute atomic E-state index is 0.0457. The van der Waals surface area contributed by atoms with E-state index in [1.165, 1.54) is 6.07 Å². The molecule has 2 aromatic rings. The Hall–Kier alpha value is -2.29. The minimum atomic E-state index is -3.42. The molecule has 3 nitrogen and oxygen atoms in total. The first-order valence-corrected chi connectivity index (χ1v) is 16.6. The highest BCUT2D eigenvalue weighted by atomic mass is 19.3. The normalized spacial score (nSPS) is 16.6. The maximum absolute atomic E-state index is 15.4. The molecular formula is C35H49F6NO2. The molecule has 0 bridgehead atoms. The fourth-order valence-corrected chi connectivity index (χ4v) is 5.87. The summed E-state index contributed by atoms with van der Waals surface area (Å²) in [6, 6.07) is 3.50. The van der Waals surface area contributed by atoms with Crippen molar-refractivity contribution in [2.75, 3.05) is 19.8 Å². The molecule has 1 aromatic heterocycles. The van der Waals surface area contributed by atoms with Gasteiger partial charge in [-0.05, 0) is 62.3 Å². The number of unbranched alkanes of at least 4 members (excludes halogenated alkanes) is 9. The topological polar surface area (TPSA) is 31.4 Å². The van der Waals surface area contributed by atoms with E-state index in [2.05, 4.69) is 18.8 Å². The second-order valence-electron chi connectivity index (χ2n) is 12.1. The van der Waals surface area contributed by atoms with E-state index in [9.17, 15) is 8.78 Å². The molecule has 9 heteroatoms. The highest BCUT2D eigenvalue weighted by Crippen LogP contribution is 2.48. The summed E-state index contributed by atoms with van der Waals surface area (Å²) in [5.41, 5.74) is -1.35. The summed E-state index contributed by atoms with van der Waals surface area (Å²) < 4.78 is 101. The van der Waals surface area contributed by atoms with E-state index in [-0.39, 0.29) is 42.5 Å². The number of hydrogen-bond acceptors (Lipinski definition) is 3. The van der Waals surface area contributed by atoms with Crippen molar-refractivity contribution in [2.45, 2.75) is 129 Å². The maximum atomic E-state index is 15.4. The summed E-state index contributed by atoms with van der Waals surface area (Å²) >= 11 is 0. The molecule has 0 spiro atoms. The number of hydrogen-bond donors (Lipinski definition) is 0. The van der Waals surface area contributed by atoms with Gasteiger partial charge >= 0.3 is 0 Å². The van der Waals surface area contributed by atoms with Crippen LogP contribution in [-0.2, 0) is 17.1 Å². The van der Waals surface area contributed by atoms with Crippen molar-refractivity contribution in [3.8, 4) is 17.0 Å². The third-order valence-corrected chi connectivity index (χ3v) is 8.51. The van der Waals surface area contributed by atoms with Crippen LogP contribution in [0.25, 0.3) is 11.3 Å². The van der Waals surface area contributed by atoms with Gasteiger partial charge in [0, 0.05) is 24.7 Å². The molecule has 2 unspecified atom stereocenters. The molecule has 1 aromatic carbocycles. The number of rotatable bonds is 21. The average Bonchev–Trinajstić information content (AvgIpc) is 2.99. The molecule has 1 aliphatic rings. The van der Waals surface area contributed by atoms with Gasteiger partial charge in [-0.15, -0.1) is 0 Å². The first-order valence-electron chi connectivity index (χ1n) is 16.6. The first-order chi connectivity index (χ1) is 21.2. The van der Waals surface area contributed by atoms with Gasteiger partial charge < -0.3 is 9.47 Å². The summed E-state index contributed by atoms with van der Waals surface area (Å²) in [4.78, 5) is 3.63. The standard InChI is InChI=1S/C35H49F6NO2/c1-3-5-7-8-9-12-16-27(36)24-44-30-20-19-28(32(37)33(30)38)29-23-25-17-18-26(35(40,41)31(25)34(39)42-29)15-11-10-14-22-43-21-13-6-4-2/h19-20,23,26-27H,3-18,21-22,24H2,1-2H3. The monoisotopic (exact) mass is 629 g/mol. The third kappa shape index (κ3) is 10.4. The Kier molecular flexibility index (Phi) is 15.3. The van der Waals surface area contributed by atoms with Gasteiger partial charge in [-0.3, -0.25) is 0 Å². The quantitative estimate of drug-likeness (QED) is 0.0782. The summed E-state index contributed by atoms with van der Waals surface area (Å²) in [7, 11) is 0. The number of halogens is 6. The van der Waals surface area contributed by atoms with Gasteiger partial charge in [-0.25, -0.2) is 22.5 Å². The van der Waals surface area contributed by atoms with Gasteiger partial charge in [0.2, 0.25) is 11.8 Å². The van der Waals surface area contributed by atoms with E-state index in [0.29, 0.717) is 26.1 Å². The maximum Gasteiger partial charge on any atom is 0.280 e. The Bertz CT molecular complexity index is 1140. The molecule has 3 rings (SSSR count). The molecule has 0 fully saturated rings. The second-order valence-corrected chi connectivity index (χ2v) is 12.1. The number of pyridine rings is 1. The van der Waals surface area contributed by atoms with Crippen molar-refractivity contribution in [1.82, 2.24) is 4.98 Å². The van der Waals surface area contributed by atoms with Crippen LogP contribution in [0.3, 0.4) is 0 Å². The summed E-state index contributed by atoms with van der Waals surface area (Å²) in [6.45, 7) is 5.15. The molecule has 0 saturated carbocycles. The van der Waals surface area contributed by atoms with Gasteiger partial charge in [0.25, 0.3) is 5.92 Å². The van der Waals surface area contributed by atoms with Gasteiger partial charge in [-0.2, -0.15) is 8.78 Å². The van der Waals surface area contributed by atoms with Crippen molar-refractivity contribution in [3.05, 3.63) is 46.9 Å². The van der Waals surface area contributed by atoms with E-state index in [0.717, 1.165) is 76.3 Å². The Morgan fingerprint density at radius 1 is 0.864 bits per heavy atom. The molecule has 0 saturated heterocycles. The van der Waals surface area contributed by atoms with Crippen LogP contribution >= 0.6 is 0 Å². The molecule has 248 valence electrons. The van der Waals surface area contributed by atoms with Gasteiger partial charge in [0.1, 0.15) is 12.8 Å². The van der Waals surface area contributed by atoms with Crippen LogP contribution in [0, 0.1) is 23.5 Å². The Balaban J connectivity index is 1.57. The SMILES string of the molecule is CCCCCCCCC(F)COc1ccc(-c2cc3c(c(F)n2)C(F)(F)C(CCCCCOCCCCC)CC3)c(F)c1F. The number of benzene rings is 1. The fraction of sp³-hybridized carbons (Fsp3) is 0.686. The van der Waals surface area contributed by atoms with E-state index < -0.39 is 53.5 Å². The molecule has 1 aliphatic carbocycles. The van der Waals surface area contributed by atoms with Crippen molar-refractivity contribution >= 4 is 0 Å². The van der Waals surface area contributed by atoms with Crippen molar-refractivity contribution in [3.63, 3.8) is 0 Å². The average molecular weight is 630 g/mol. The van der Waals surface area contributed by atoms with Crippen LogP contribution in [0.5, 0.6) is 5.75 Å². The Morgan fingerprint density at radius 3 is 2.27 bits per heavy atom. The van der Waals surface area contributed by atoms with E-state index in [1.807, 2.05) is 0 Å². The molecule has 1 heterocycles. The first kappa shape index (κ1) is 36.2. The lowest BCUT2D eigenvalue weighted by Gasteiger charge is -2.33. The molecule has 0 radical (unpaired) electrons. The van der Waals surface area contributed by atoms with Gasteiger partial charge in [-0.1, -0.05) is 78.1 Å². The minimum Gasteiger partial charge on any atom is -0.487 e. The summed E-state index contributed by atoms with van der Waals surface area (Å²) in [6.07, 6.45) is 11.0. The number of alkyl halides is 3. The summed E-state index contributed by atoms with van der Waals surface area (Å²) in [5.74, 6) is -8.98. The van der Waals surface area contributed by atoms with E-state index >= 15 is 17.6 Å². The van der Waals surface area contributed by atoms with E-state index in [1.54, 1.807) is 0 Å². The van der Waals surface area contributed by atoms with Crippen LogP contribution in [0.15, 0.2) is 18.2 Å². The Morgan fingerprint density at radius 2 is 1.52 bits per heavy atom. The number of ether oxygens (including phenoxy) is 2. The van der Waals surface area contributed by atoms with Crippen molar-refractivity contribution in [2.24, 2.45) is 5.92 Å². The molecule has 0 N–H and O–H groups in total. The zero-order chi connectivity index (χ0) is 32.0. The lowest BCUT2D eigenvalue weighted by molar-refractivity contribution is -0.0825. The number of aromatic nitrogens is 1. The van der Waals surface area contributed by atoms with Crippen LogP contribution in [0.1, 0.15) is 121 Å². The van der Waals surface area contributed by atoms with Crippen LogP contribution in [0.2, 0.25) is 0 Å². The van der Waals surface area contributed by atoms with Crippen LogP contribution in [-0.4, -0.2) is 31.0 Å². The molecule has 44 heavy (non-hydrogen) atoms. The second kappa shape index (κ2) is 18.6. The number of fused-ring (bicyclic) bond motifs is 1. The smallest absolute Gasteiger partial charge is 0.280 e. The van der Waals surface area contributed by atoms with E-state index in [4.69, 9.17) is 9.47 Å². The van der Waals surface area contributed by atoms with Crippen LogP contribution in [0.4, 0.5) is 26.3 Å². The third-order valence-electron chi connectivity index (χ3n) is 8.51.